The Bertz CT molecular complexity index is 813. The van der Waals surface area contributed by atoms with E-state index in [1.165, 1.54) is 12.4 Å². The van der Waals surface area contributed by atoms with Crippen molar-refractivity contribution in [3.63, 3.8) is 0 Å². The Morgan fingerprint density at radius 1 is 1.21 bits per heavy atom. The monoisotopic (exact) mass is 274 g/mol. The van der Waals surface area contributed by atoms with Crippen molar-refractivity contribution >= 4 is 26.6 Å². The summed E-state index contributed by atoms with van der Waals surface area (Å²) < 4.78 is 26.5. The number of nitrogens with one attached hydrogen (secondary N) is 2. The molecule has 0 amide bonds. The molecule has 19 heavy (non-hydrogen) atoms. The highest BCUT2D eigenvalue weighted by molar-refractivity contribution is 7.92. The number of aromatic amines is 1. The Balaban J connectivity index is 1.98. The van der Waals surface area contributed by atoms with Crippen LogP contribution in [0.3, 0.4) is 0 Å². The Kier molecular flexibility index (Phi) is 2.68. The second-order valence-corrected chi connectivity index (χ2v) is 5.63. The van der Waals surface area contributed by atoms with E-state index >= 15 is 0 Å². The first kappa shape index (κ1) is 11.7. The van der Waals surface area contributed by atoms with Crippen LogP contribution in [0.1, 0.15) is 0 Å². The van der Waals surface area contributed by atoms with Gasteiger partial charge in [0.15, 0.2) is 0 Å². The second-order valence-electron chi connectivity index (χ2n) is 3.95. The second kappa shape index (κ2) is 4.36. The van der Waals surface area contributed by atoms with E-state index < -0.39 is 10.0 Å². The van der Waals surface area contributed by atoms with Crippen LogP contribution in [0.4, 0.5) is 5.69 Å². The molecular weight excluding hydrogens is 264 g/mol. The molecule has 0 atom stereocenters. The number of H-pyrrole nitrogens is 1. The molecule has 0 unspecified atom stereocenters. The molecule has 0 aliphatic rings. The lowest BCUT2D eigenvalue weighted by molar-refractivity contribution is 0.601. The molecule has 0 radical (unpaired) electrons. The minimum atomic E-state index is -3.60. The van der Waals surface area contributed by atoms with Crippen LogP contribution in [-0.2, 0) is 10.0 Å². The van der Waals surface area contributed by atoms with Gasteiger partial charge in [-0.15, -0.1) is 0 Å². The van der Waals surface area contributed by atoms with Crippen LogP contribution in [-0.4, -0.2) is 23.6 Å². The van der Waals surface area contributed by atoms with Crippen molar-refractivity contribution in [3.05, 3.63) is 48.9 Å². The van der Waals surface area contributed by atoms with Gasteiger partial charge in [0.25, 0.3) is 10.0 Å². The predicted molar refractivity (Wildman–Crippen MR) is 71.1 cm³/mol. The maximum atomic E-state index is 12.0. The van der Waals surface area contributed by atoms with E-state index in [0.29, 0.717) is 5.69 Å². The van der Waals surface area contributed by atoms with E-state index in [0.717, 1.165) is 10.9 Å². The van der Waals surface area contributed by atoms with Crippen LogP contribution in [0.5, 0.6) is 0 Å². The summed E-state index contributed by atoms with van der Waals surface area (Å²) in [6.45, 7) is 0. The van der Waals surface area contributed by atoms with Gasteiger partial charge in [-0.3, -0.25) is 14.8 Å². The summed E-state index contributed by atoms with van der Waals surface area (Å²) in [5, 5.41) is 6.97. The fourth-order valence-corrected chi connectivity index (χ4v) is 2.69. The SMILES string of the molecule is O=S(=O)(Nc1ccc2ncccc2c1)c1cn[nH]c1. The largest absolute Gasteiger partial charge is 0.284 e. The summed E-state index contributed by atoms with van der Waals surface area (Å²) in [6.07, 6.45) is 4.27. The molecule has 3 rings (SSSR count). The van der Waals surface area contributed by atoms with Crippen molar-refractivity contribution in [2.75, 3.05) is 4.72 Å². The fourth-order valence-electron chi connectivity index (χ4n) is 1.74. The Morgan fingerprint density at radius 3 is 2.89 bits per heavy atom. The molecule has 0 aliphatic carbocycles. The van der Waals surface area contributed by atoms with Gasteiger partial charge in [-0.2, -0.15) is 5.10 Å². The molecule has 2 N–H and O–H groups in total. The predicted octanol–water partition coefficient (Wildman–Crippen LogP) is 1.76. The van der Waals surface area contributed by atoms with E-state index in [4.69, 9.17) is 0 Å². The average molecular weight is 274 g/mol. The highest BCUT2D eigenvalue weighted by atomic mass is 32.2. The van der Waals surface area contributed by atoms with Gasteiger partial charge < -0.3 is 0 Å². The Hall–Kier alpha value is -2.41. The van der Waals surface area contributed by atoms with Gasteiger partial charge in [-0.25, -0.2) is 8.42 Å². The first-order valence-corrected chi connectivity index (χ1v) is 7.00. The maximum absolute atomic E-state index is 12.0. The van der Waals surface area contributed by atoms with Crippen molar-refractivity contribution in [1.82, 2.24) is 15.2 Å². The lowest BCUT2D eigenvalue weighted by atomic mass is 10.2. The van der Waals surface area contributed by atoms with Gasteiger partial charge >= 0.3 is 0 Å². The molecule has 0 fully saturated rings. The summed E-state index contributed by atoms with van der Waals surface area (Å²) in [5.41, 5.74) is 1.30. The zero-order valence-electron chi connectivity index (χ0n) is 9.74. The molecule has 6 nitrogen and oxygen atoms in total. The van der Waals surface area contributed by atoms with Crippen molar-refractivity contribution in [1.29, 1.82) is 0 Å². The molecule has 0 bridgehead atoms. The molecule has 0 aliphatic heterocycles. The molecule has 3 aromatic rings. The molecule has 1 aromatic carbocycles. The number of fused-ring (bicyclic) bond motifs is 1. The van der Waals surface area contributed by atoms with Crippen LogP contribution in [0.15, 0.2) is 53.8 Å². The summed E-state index contributed by atoms with van der Waals surface area (Å²) in [4.78, 5) is 4.27. The maximum Gasteiger partial charge on any atom is 0.265 e. The number of pyridine rings is 1. The van der Waals surface area contributed by atoms with Crippen LogP contribution < -0.4 is 4.72 Å². The van der Waals surface area contributed by atoms with E-state index in [1.807, 2.05) is 6.07 Å². The van der Waals surface area contributed by atoms with Gasteiger partial charge in [0, 0.05) is 23.5 Å². The quantitative estimate of drug-likeness (QED) is 0.761. The number of rotatable bonds is 3. The molecule has 0 spiro atoms. The summed E-state index contributed by atoms with van der Waals surface area (Å²) in [7, 11) is -3.60. The summed E-state index contributed by atoms with van der Waals surface area (Å²) in [6, 6.07) is 8.85. The van der Waals surface area contributed by atoms with Crippen molar-refractivity contribution in [2.24, 2.45) is 0 Å². The molecule has 2 heterocycles. The zero-order valence-corrected chi connectivity index (χ0v) is 10.6. The van der Waals surface area contributed by atoms with Crippen LogP contribution in [0, 0.1) is 0 Å². The summed E-state index contributed by atoms with van der Waals surface area (Å²) in [5.74, 6) is 0. The zero-order chi connectivity index (χ0) is 13.3. The number of sulfonamides is 1. The number of hydrogen-bond acceptors (Lipinski definition) is 4. The number of anilines is 1. The Labute approximate surface area is 109 Å². The minimum absolute atomic E-state index is 0.0961. The Morgan fingerprint density at radius 2 is 2.11 bits per heavy atom. The highest BCUT2D eigenvalue weighted by Gasteiger charge is 2.15. The van der Waals surface area contributed by atoms with Gasteiger partial charge in [0.05, 0.1) is 11.7 Å². The number of benzene rings is 1. The molecule has 7 heteroatoms. The number of aromatic nitrogens is 3. The van der Waals surface area contributed by atoms with Gasteiger partial charge in [0.1, 0.15) is 4.90 Å². The van der Waals surface area contributed by atoms with Crippen molar-refractivity contribution in [3.8, 4) is 0 Å². The molecule has 0 saturated heterocycles. The number of hydrogen-bond donors (Lipinski definition) is 2. The fraction of sp³-hybridized carbons (Fsp3) is 0. The van der Waals surface area contributed by atoms with E-state index in [2.05, 4.69) is 19.9 Å². The third-order valence-electron chi connectivity index (χ3n) is 2.64. The van der Waals surface area contributed by atoms with Crippen LogP contribution in [0.2, 0.25) is 0 Å². The van der Waals surface area contributed by atoms with Crippen LogP contribution >= 0.6 is 0 Å². The first-order chi connectivity index (χ1) is 9.15. The highest BCUT2D eigenvalue weighted by Crippen LogP contribution is 2.19. The molecule has 96 valence electrons. The van der Waals surface area contributed by atoms with E-state index in [1.54, 1.807) is 30.5 Å². The third kappa shape index (κ3) is 2.27. The van der Waals surface area contributed by atoms with E-state index in [9.17, 15) is 8.42 Å². The first-order valence-electron chi connectivity index (χ1n) is 5.51. The molecular formula is C12H10N4O2S. The lowest BCUT2D eigenvalue weighted by Crippen LogP contribution is -2.12. The summed E-state index contributed by atoms with van der Waals surface area (Å²) >= 11 is 0. The normalized spacial score (nSPS) is 11.6. The standard InChI is InChI=1S/C12H10N4O2S/c17-19(18,11-7-14-15-8-11)16-10-3-4-12-9(6-10)2-1-5-13-12/h1-8,16H,(H,14,15). The molecule has 2 aromatic heterocycles. The minimum Gasteiger partial charge on any atom is -0.284 e. The third-order valence-corrected chi connectivity index (χ3v) is 3.99. The average Bonchev–Trinajstić information content (AvgIpc) is 2.93. The van der Waals surface area contributed by atoms with Gasteiger partial charge in [0.2, 0.25) is 0 Å². The van der Waals surface area contributed by atoms with Crippen LogP contribution in [0.25, 0.3) is 10.9 Å². The van der Waals surface area contributed by atoms with Crippen molar-refractivity contribution in [2.45, 2.75) is 4.90 Å². The van der Waals surface area contributed by atoms with Gasteiger partial charge in [-0.1, -0.05) is 6.07 Å². The van der Waals surface area contributed by atoms with Crippen molar-refractivity contribution < 1.29 is 8.42 Å². The number of nitrogens with zero attached hydrogens (tertiary/aromatic N) is 2. The smallest absolute Gasteiger partial charge is 0.265 e. The van der Waals surface area contributed by atoms with Gasteiger partial charge in [-0.05, 0) is 24.3 Å². The lowest BCUT2D eigenvalue weighted by Gasteiger charge is -2.06. The topological polar surface area (TPSA) is 87.7 Å². The van der Waals surface area contributed by atoms with E-state index in [-0.39, 0.29) is 4.90 Å². The molecule has 0 saturated carbocycles.